The van der Waals surface area contributed by atoms with Gasteiger partial charge in [0.2, 0.25) is 76.8 Å². The van der Waals surface area contributed by atoms with Crippen molar-refractivity contribution in [1.82, 2.24) is 73.3 Å². The number of aromatic nitrogens is 1. The van der Waals surface area contributed by atoms with E-state index in [1.54, 1.807) is 44.3 Å². The van der Waals surface area contributed by atoms with Gasteiger partial charge in [0.05, 0.1) is 45.0 Å². The van der Waals surface area contributed by atoms with E-state index >= 15 is 4.79 Å². The number of nitrogens with one attached hydrogen (secondary N) is 12. The molecule has 16 N–H and O–H groups in total. The van der Waals surface area contributed by atoms with Crippen molar-refractivity contribution in [3.8, 4) is 0 Å². The minimum Gasteiger partial charge on any atom is -0.481 e. The first-order valence-electron chi connectivity index (χ1n) is 35.3. The normalized spacial score (nSPS) is 22.5. The number of hydrogen-bond acceptors (Lipinski definition) is 17. The highest BCUT2D eigenvalue weighted by molar-refractivity contribution is 6.01. The van der Waals surface area contributed by atoms with E-state index in [0.29, 0.717) is 29.3 Å². The van der Waals surface area contributed by atoms with E-state index in [0.717, 1.165) is 43.9 Å². The van der Waals surface area contributed by atoms with Crippen molar-refractivity contribution in [3.63, 3.8) is 0 Å². The maximum Gasteiger partial charge on any atom is 0.305 e. The van der Waals surface area contributed by atoms with Crippen LogP contribution in [0.1, 0.15) is 175 Å². The van der Waals surface area contributed by atoms with E-state index in [9.17, 15) is 92.3 Å². The van der Waals surface area contributed by atoms with Gasteiger partial charge in [-0.25, -0.2) is 0 Å². The fourth-order valence-corrected chi connectivity index (χ4v) is 12.4. The van der Waals surface area contributed by atoms with Crippen molar-refractivity contribution in [1.29, 1.82) is 0 Å². The number of aliphatic hydroxyl groups is 1. The number of fused-ring (bicyclic) bond motifs is 3. The third-order valence-corrected chi connectivity index (χ3v) is 18.2. The van der Waals surface area contributed by atoms with Gasteiger partial charge in [-0.05, 0) is 63.0 Å². The lowest BCUT2D eigenvalue weighted by Crippen LogP contribution is -2.63. The van der Waals surface area contributed by atoms with Crippen LogP contribution in [-0.2, 0) is 83.1 Å². The number of carboxylic acids is 3. The van der Waals surface area contributed by atoms with Gasteiger partial charge in [0.25, 0.3) is 0 Å². The number of hydrogen-bond donors (Lipinski definition) is 16. The predicted octanol–water partition coefficient (Wildman–Crippen LogP) is -1.10. The Morgan fingerprint density at radius 1 is 0.549 bits per heavy atom. The average Bonchev–Trinajstić information content (AvgIpc) is 1.45. The zero-order chi connectivity index (χ0) is 75.0. The molecule has 3 aliphatic rings. The number of H-pyrrole nitrogens is 1. The third-order valence-electron chi connectivity index (χ3n) is 18.2. The summed E-state index contributed by atoms with van der Waals surface area (Å²) in [6, 6.07) is -7.90. The number of amides is 13. The van der Waals surface area contributed by atoms with Crippen molar-refractivity contribution in [3.05, 3.63) is 36.0 Å². The summed E-state index contributed by atoms with van der Waals surface area (Å²) < 4.78 is 0. The molecule has 0 spiro atoms. The van der Waals surface area contributed by atoms with Crippen LogP contribution >= 0.6 is 0 Å². The zero-order valence-corrected chi connectivity index (χ0v) is 58.5. The molecule has 34 heteroatoms. The van der Waals surface area contributed by atoms with Crippen LogP contribution < -0.4 is 58.5 Å². The number of unbranched alkanes of at least 4 members (excludes halogenated alkanes) is 11. The molecule has 13 amide bonds. The van der Waals surface area contributed by atoms with Gasteiger partial charge in [0.15, 0.2) is 0 Å². The van der Waals surface area contributed by atoms with E-state index < -0.39 is 207 Å². The Balaban J connectivity index is 1.46. The first-order chi connectivity index (χ1) is 48.6. The second-order valence-corrected chi connectivity index (χ2v) is 26.3. The maximum absolute atomic E-state index is 15.2. The van der Waals surface area contributed by atoms with Crippen molar-refractivity contribution < 1.29 is 97.1 Å². The van der Waals surface area contributed by atoms with Crippen LogP contribution in [0.5, 0.6) is 0 Å². The fourth-order valence-electron chi connectivity index (χ4n) is 12.4. The Morgan fingerprint density at radius 2 is 1.07 bits per heavy atom. The number of carboxylic acid groups (broad SMARTS) is 3. The lowest BCUT2D eigenvalue weighted by Gasteiger charge is -2.37. The first kappa shape index (κ1) is 82.9. The van der Waals surface area contributed by atoms with Gasteiger partial charge in [-0.1, -0.05) is 116 Å². The highest BCUT2D eigenvalue weighted by Gasteiger charge is 2.43. The van der Waals surface area contributed by atoms with Crippen molar-refractivity contribution in [2.75, 3.05) is 39.3 Å². The quantitative estimate of drug-likeness (QED) is 0.0430. The minimum absolute atomic E-state index is 0.0187. The largest absolute Gasteiger partial charge is 0.481 e. The van der Waals surface area contributed by atoms with Gasteiger partial charge in [-0.3, -0.25) is 76.7 Å². The van der Waals surface area contributed by atoms with E-state index in [2.05, 4.69) is 70.4 Å². The number of aliphatic carboxylic acids is 3. The summed E-state index contributed by atoms with van der Waals surface area (Å²) in [6.45, 7) is 2.61. The first-order valence-corrected chi connectivity index (χ1v) is 35.3. The summed E-state index contributed by atoms with van der Waals surface area (Å²) >= 11 is 0. The summed E-state index contributed by atoms with van der Waals surface area (Å²) in [5.41, 5.74) is 1.31. The van der Waals surface area contributed by atoms with Gasteiger partial charge >= 0.3 is 17.9 Å². The Hall–Kier alpha value is -9.76. The topological polar surface area (TPSA) is 509 Å². The van der Waals surface area contributed by atoms with Crippen LogP contribution in [-0.4, -0.2) is 230 Å². The summed E-state index contributed by atoms with van der Waals surface area (Å²) in [5, 5.41) is 66.8. The van der Waals surface area contributed by atoms with Gasteiger partial charge in [-0.15, -0.1) is 0 Å². The number of para-hydroxylation sites is 1. The molecule has 1 aromatic carbocycles. The van der Waals surface area contributed by atoms with E-state index in [1.165, 1.54) is 43.4 Å². The molecule has 34 nitrogen and oxygen atoms in total. The molecule has 3 aliphatic heterocycles. The Morgan fingerprint density at radius 3 is 1.63 bits per heavy atom. The molecule has 0 radical (unpaired) electrons. The molecule has 11 atom stereocenters. The Bertz CT molecular complexity index is 3290. The Labute approximate surface area is 591 Å². The number of carbonyl (C=O) groups is 16. The second-order valence-electron chi connectivity index (χ2n) is 26.3. The molecule has 3 saturated heterocycles. The van der Waals surface area contributed by atoms with Crippen LogP contribution in [0.25, 0.3) is 10.9 Å². The zero-order valence-electron chi connectivity index (χ0n) is 58.5. The maximum atomic E-state index is 15.2. The van der Waals surface area contributed by atoms with Crippen LogP contribution in [0.4, 0.5) is 0 Å². The second kappa shape index (κ2) is 42.5. The highest BCUT2D eigenvalue weighted by atomic mass is 16.4. The van der Waals surface area contributed by atoms with Crippen LogP contribution in [0, 0.1) is 5.92 Å². The summed E-state index contributed by atoms with van der Waals surface area (Å²) in [7, 11) is 0. The van der Waals surface area contributed by atoms with Crippen molar-refractivity contribution in [2.24, 2.45) is 5.92 Å². The number of rotatable bonds is 29. The number of nitrogens with zero attached hydrogens (tertiary/aromatic N) is 2. The van der Waals surface area contributed by atoms with Crippen molar-refractivity contribution >= 4 is 106 Å². The summed E-state index contributed by atoms with van der Waals surface area (Å²) in [4.78, 5) is 224. The Kier molecular flexibility index (Phi) is 34.5. The molecular weight excluding hydrogens is 1330 g/mol. The third kappa shape index (κ3) is 27.0. The van der Waals surface area contributed by atoms with Crippen molar-refractivity contribution in [2.45, 2.75) is 236 Å². The number of aromatic amines is 1. The molecule has 0 aliphatic carbocycles. The predicted molar refractivity (Wildman–Crippen MR) is 365 cm³/mol. The van der Waals surface area contributed by atoms with Gasteiger partial charge in [-0.2, -0.15) is 0 Å². The molecule has 0 saturated carbocycles. The molecule has 0 unspecified atom stereocenters. The van der Waals surface area contributed by atoms with Gasteiger partial charge in [0.1, 0.15) is 54.4 Å². The number of benzene rings is 1. The molecular formula is C68H102N14O20. The molecule has 3 fully saturated rings. The average molecular weight is 1440 g/mol. The number of carbonyl (C=O) groups excluding carboxylic acids is 13. The number of piperidine rings is 1. The standard InChI is InChI=1S/C68H102N14O20/c1-5-7-8-9-10-11-12-13-14-15-16-17-27-51(84)74-44(30-41-34-69-43-24-19-18-23-42(41)43)62(96)77-47(33-57(92)93)63(97)78-48-35-70-64(98)50-26-22-29-82(50)68(102)58(39(3)6-2)80-66(100)59(40(4)83)79-54(87)38-72-61(95)46(32-56(90)91)75-52(85)36-71-60(94)45(31-55(88)89)76-53(86)37-73-65(99)49-25-20-21-28-81(49)67(48)101/h18-19,23-24,34,39-40,44-50,58-59,69,83H,5-17,20-22,25-33,35-38H2,1-4H3,(H,70,98)(H,71,94)(H,72,95)(H,73,99)(H,74,84)(H,75,85)(H,76,86)(H,77,96)(H,78,97)(H,79,87)(H,80,100)(H,88,89)(H,90,91)(H,92,93)/t39-,40-,44+,45+,46+,47-,48+,49+,50+,58+,59+/m1/s1. The minimum atomic E-state index is -1.97. The lowest BCUT2D eigenvalue weighted by atomic mass is 9.96. The summed E-state index contributed by atoms with van der Waals surface area (Å²) in [6.07, 6.45) is 10.4. The molecule has 564 valence electrons. The molecule has 5 rings (SSSR count). The summed E-state index contributed by atoms with van der Waals surface area (Å²) in [5.74, 6) is -19.0. The van der Waals surface area contributed by atoms with Gasteiger partial charge < -0.3 is 93.7 Å². The highest BCUT2D eigenvalue weighted by Crippen LogP contribution is 2.24. The van der Waals surface area contributed by atoms with Crippen LogP contribution in [0.3, 0.4) is 0 Å². The molecule has 102 heavy (non-hydrogen) atoms. The molecule has 4 heterocycles. The lowest BCUT2D eigenvalue weighted by molar-refractivity contribution is -0.146. The van der Waals surface area contributed by atoms with Crippen LogP contribution in [0.15, 0.2) is 30.5 Å². The SMILES string of the molecule is CCCCCCCCCCCCCCC(=O)N[C@@H](Cc1c[nH]c2ccccc12)C(=O)N[C@H](CC(=O)O)C(=O)N[C@H]1CNC(=O)[C@@H]2CCCN2C(=O)[C@H]([C@H](C)CC)NC(=O)[C@H]([C@@H](C)O)NC(=O)CNC(=O)[C@H](CC(=O)O)NC(=O)CNC(=O)[C@H](CC(=O)O)NC(=O)CNC(=O)[C@@H]2CCCCN2C1=O. The van der Waals surface area contributed by atoms with E-state index in [4.69, 9.17) is 0 Å². The van der Waals surface area contributed by atoms with Crippen LogP contribution in [0.2, 0.25) is 0 Å². The number of aliphatic hydroxyl groups excluding tert-OH is 1. The molecule has 2 aromatic rings. The smallest absolute Gasteiger partial charge is 0.305 e. The van der Waals surface area contributed by atoms with E-state index in [-0.39, 0.29) is 58.0 Å². The fraction of sp³-hybridized carbons (Fsp3) is 0.647. The van der Waals surface area contributed by atoms with Gasteiger partial charge in [0, 0.05) is 49.6 Å². The molecule has 1 aromatic heterocycles. The van der Waals surface area contributed by atoms with E-state index in [1.807, 2.05) is 0 Å². The molecule has 0 bridgehead atoms. The monoisotopic (exact) mass is 1430 g/mol.